The lowest BCUT2D eigenvalue weighted by atomic mass is 9.89. The molecule has 1 saturated heterocycles. The van der Waals surface area contributed by atoms with Gasteiger partial charge in [-0.3, -0.25) is 0 Å². The number of hydrogen-bond acceptors (Lipinski definition) is 3. The fourth-order valence-electron chi connectivity index (χ4n) is 3.34. The van der Waals surface area contributed by atoms with E-state index >= 15 is 0 Å². The molecule has 0 amide bonds. The number of hydrogen-bond donors (Lipinski definition) is 1. The van der Waals surface area contributed by atoms with E-state index in [-0.39, 0.29) is 0 Å². The third-order valence-corrected chi connectivity index (χ3v) is 4.35. The van der Waals surface area contributed by atoms with Crippen LogP contribution in [0.4, 0.5) is 0 Å². The van der Waals surface area contributed by atoms with Crippen molar-refractivity contribution in [1.82, 2.24) is 10.5 Å². The highest BCUT2D eigenvalue weighted by Gasteiger charge is 2.27. The van der Waals surface area contributed by atoms with Crippen LogP contribution in [0.5, 0.6) is 0 Å². The van der Waals surface area contributed by atoms with Gasteiger partial charge in [-0.2, -0.15) is 0 Å². The molecule has 0 aromatic carbocycles. The first-order valence-corrected chi connectivity index (χ1v) is 7.10. The lowest BCUT2D eigenvalue weighted by molar-refractivity contribution is 0.360. The van der Waals surface area contributed by atoms with Gasteiger partial charge in [0, 0.05) is 18.0 Å². The van der Waals surface area contributed by atoms with Crippen LogP contribution in [0.15, 0.2) is 10.7 Å². The third-order valence-electron chi connectivity index (χ3n) is 4.35. The molecule has 3 heteroatoms. The summed E-state index contributed by atoms with van der Waals surface area (Å²) in [5, 5.41) is 7.49. The van der Waals surface area contributed by atoms with Gasteiger partial charge < -0.3 is 9.84 Å². The predicted molar refractivity (Wildman–Crippen MR) is 67.2 cm³/mol. The van der Waals surface area contributed by atoms with Gasteiger partial charge in [-0.15, -0.1) is 0 Å². The van der Waals surface area contributed by atoms with E-state index in [1.165, 1.54) is 56.3 Å². The van der Waals surface area contributed by atoms with Crippen LogP contribution >= 0.6 is 0 Å². The first-order chi connectivity index (χ1) is 8.45. The van der Waals surface area contributed by atoms with Gasteiger partial charge in [0.05, 0.1) is 6.20 Å². The lowest BCUT2D eigenvalue weighted by Gasteiger charge is -2.15. The predicted octanol–water partition coefficient (Wildman–Crippen LogP) is 3.19. The standard InChI is InChI=1S/C14H22N2O/c1-2-4-6-11(5-3-1)13-10-16-17-14(13)12-7-8-15-9-12/h10-12,15H,1-9H2. The molecular formula is C14H22N2O. The Balaban J connectivity index is 1.79. The largest absolute Gasteiger partial charge is 0.361 e. The van der Waals surface area contributed by atoms with Crippen molar-refractivity contribution in [1.29, 1.82) is 0 Å². The van der Waals surface area contributed by atoms with Crippen molar-refractivity contribution < 1.29 is 4.52 Å². The van der Waals surface area contributed by atoms with Crippen molar-refractivity contribution >= 4 is 0 Å². The van der Waals surface area contributed by atoms with Crippen LogP contribution in [0.25, 0.3) is 0 Å². The summed E-state index contributed by atoms with van der Waals surface area (Å²) < 4.78 is 5.55. The van der Waals surface area contributed by atoms with Crippen LogP contribution in [-0.2, 0) is 0 Å². The highest BCUT2D eigenvalue weighted by atomic mass is 16.5. The summed E-state index contributed by atoms with van der Waals surface area (Å²) in [6.07, 6.45) is 11.4. The van der Waals surface area contributed by atoms with Crippen molar-refractivity contribution in [2.45, 2.75) is 56.8 Å². The third kappa shape index (κ3) is 2.39. The Morgan fingerprint density at radius 2 is 1.88 bits per heavy atom. The monoisotopic (exact) mass is 234 g/mol. The summed E-state index contributed by atoms with van der Waals surface area (Å²) in [6, 6.07) is 0. The molecule has 0 bridgehead atoms. The second-order valence-corrected chi connectivity index (χ2v) is 5.52. The van der Waals surface area contributed by atoms with E-state index in [1.807, 2.05) is 6.20 Å². The van der Waals surface area contributed by atoms with E-state index in [2.05, 4.69) is 10.5 Å². The second-order valence-electron chi connectivity index (χ2n) is 5.52. The molecule has 17 heavy (non-hydrogen) atoms. The van der Waals surface area contributed by atoms with Crippen LogP contribution in [0.3, 0.4) is 0 Å². The van der Waals surface area contributed by atoms with Crippen LogP contribution in [0, 0.1) is 0 Å². The molecular weight excluding hydrogens is 212 g/mol. The zero-order valence-electron chi connectivity index (χ0n) is 10.5. The molecule has 1 aromatic heterocycles. The average molecular weight is 234 g/mol. The maximum Gasteiger partial charge on any atom is 0.144 e. The first-order valence-electron chi connectivity index (χ1n) is 7.10. The second kappa shape index (κ2) is 5.21. The van der Waals surface area contributed by atoms with Crippen molar-refractivity contribution in [2.75, 3.05) is 13.1 Å². The van der Waals surface area contributed by atoms with E-state index in [0.29, 0.717) is 11.8 Å². The average Bonchev–Trinajstić information content (AvgIpc) is 2.95. The van der Waals surface area contributed by atoms with E-state index < -0.39 is 0 Å². The number of rotatable bonds is 2. The van der Waals surface area contributed by atoms with Gasteiger partial charge in [0.2, 0.25) is 0 Å². The van der Waals surface area contributed by atoms with E-state index in [9.17, 15) is 0 Å². The summed E-state index contributed by atoms with van der Waals surface area (Å²) in [7, 11) is 0. The van der Waals surface area contributed by atoms with Gasteiger partial charge in [0.25, 0.3) is 0 Å². The van der Waals surface area contributed by atoms with Gasteiger partial charge in [-0.1, -0.05) is 30.8 Å². The number of nitrogens with one attached hydrogen (secondary N) is 1. The highest BCUT2D eigenvalue weighted by Crippen LogP contribution is 2.37. The highest BCUT2D eigenvalue weighted by molar-refractivity contribution is 5.23. The molecule has 94 valence electrons. The first kappa shape index (κ1) is 11.3. The van der Waals surface area contributed by atoms with Gasteiger partial charge in [0.1, 0.15) is 5.76 Å². The Labute approximate surface area is 103 Å². The Morgan fingerprint density at radius 3 is 2.59 bits per heavy atom. The van der Waals surface area contributed by atoms with Crippen LogP contribution in [-0.4, -0.2) is 18.2 Å². The minimum atomic E-state index is 0.566. The van der Waals surface area contributed by atoms with Gasteiger partial charge >= 0.3 is 0 Å². The fourth-order valence-corrected chi connectivity index (χ4v) is 3.34. The molecule has 3 rings (SSSR count). The number of nitrogens with zero attached hydrogens (tertiary/aromatic N) is 1. The fraction of sp³-hybridized carbons (Fsp3) is 0.786. The molecule has 1 N–H and O–H groups in total. The normalized spacial score (nSPS) is 27.2. The zero-order valence-corrected chi connectivity index (χ0v) is 10.5. The van der Waals surface area contributed by atoms with Crippen molar-refractivity contribution in [3.8, 4) is 0 Å². The molecule has 0 radical (unpaired) electrons. The van der Waals surface area contributed by atoms with E-state index in [0.717, 1.165) is 13.1 Å². The SMILES string of the molecule is c1noc(C2CCNC2)c1C1CCCCCC1. The van der Waals surface area contributed by atoms with Crippen molar-refractivity contribution in [2.24, 2.45) is 0 Å². The summed E-state index contributed by atoms with van der Waals surface area (Å²) in [5.74, 6) is 2.46. The summed E-state index contributed by atoms with van der Waals surface area (Å²) >= 11 is 0. The smallest absolute Gasteiger partial charge is 0.144 e. The molecule has 1 aliphatic heterocycles. The summed E-state index contributed by atoms with van der Waals surface area (Å²) in [4.78, 5) is 0. The molecule has 0 spiro atoms. The Morgan fingerprint density at radius 1 is 1.06 bits per heavy atom. The van der Waals surface area contributed by atoms with Crippen LogP contribution < -0.4 is 5.32 Å². The van der Waals surface area contributed by atoms with Crippen LogP contribution in [0.2, 0.25) is 0 Å². The summed E-state index contributed by atoms with van der Waals surface area (Å²) in [6.45, 7) is 2.18. The molecule has 1 aromatic rings. The van der Waals surface area contributed by atoms with Gasteiger partial charge in [-0.25, -0.2) is 0 Å². The molecule has 1 atom stereocenters. The molecule has 2 fully saturated rings. The molecule has 1 unspecified atom stereocenters. The van der Waals surface area contributed by atoms with Gasteiger partial charge in [0.15, 0.2) is 0 Å². The number of aromatic nitrogens is 1. The van der Waals surface area contributed by atoms with Crippen molar-refractivity contribution in [3.63, 3.8) is 0 Å². The maximum absolute atomic E-state index is 5.55. The molecule has 1 aliphatic carbocycles. The van der Waals surface area contributed by atoms with Crippen LogP contribution in [0.1, 0.15) is 68.1 Å². The molecule has 3 nitrogen and oxygen atoms in total. The van der Waals surface area contributed by atoms with E-state index in [4.69, 9.17) is 4.52 Å². The minimum absolute atomic E-state index is 0.566. The Kier molecular flexibility index (Phi) is 3.46. The topological polar surface area (TPSA) is 38.1 Å². The molecule has 2 heterocycles. The molecule has 1 saturated carbocycles. The lowest BCUT2D eigenvalue weighted by Crippen LogP contribution is -2.09. The van der Waals surface area contributed by atoms with Gasteiger partial charge in [-0.05, 0) is 31.7 Å². The zero-order chi connectivity index (χ0) is 11.5. The molecule has 2 aliphatic rings. The Hall–Kier alpha value is -0.830. The maximum atomic E-state index is 5.55. The summed E-state index contributed by atoms with van der Waals surface area (Å²) in [5.41, 5.74) is 1.42. The minimum Gasteiger partial charge on any atom is -0.361 e. The Bertz CT molecular complexity index is 347. The quantitative estimate of drug-likeness (QED) is 0.799. The van der Waals surface area contributed by atoms with Crippen molar-refractivity contribution in [3.05, 3.63) is 17.5 Å². The van der Waals surface area contributed by atoms with E-state index in [1.54, 1.807) is 0 Å².